The van der Waals surface area contributed by atoms with Gasteiger partial charge >= 0.3 is 0 Å². The Labute approximate surface area is 128 Å². The van der Waals surface area contributed by atoms with E-state index in [9.17, 15) is 4.79 Å². The molecule has 0 atom stereocenters. The van der Waals surface area contributed by atoms with E-state index in [0.717, 1.165) is 5.69 Å². The first-order valence-corrected chi connectivity index (χ1v) is 6.91. The topological polar surface area (TPSA) is 46.9 Å². The molecule has 0 radical (unpaired) electrons. The zero-order valence-electron chi connectivity index (χ0n) is 10.2. The van der Waals surface area contributed by atoms with Gasteiger partial charge in [0.25, 0.3) is 5.91 Å². The summed E-state index contributed by atoms with van der Waals surface area (Å²) in [6.45, 7) is 1.81. The first-order valence-electron chi connectivity index (χ1n) is 5.36. The molecule has 0 aliphatic heterocycles. The smallest absolute Gasteiger partial charge is 0.275 e. The van der Waals surface area contributed by atoms with Crippen LogP contribution in [0.2, 0.25) is 10.0 Å². The van der Waals surface area contributed by atoms with Gasteiger partial charge in [-0.25, -0.2) is 0 Å². The molecule has 100 valence electrons. The molecule has 1 N–H and O–H groups in total. The summed E-state index contributed by atoms with van der Waals surface area (Å²) in [6, 6.07) is 5.03. The zero-order chi connectivity index (χ0) is 14.2. The summed E-state index contributed by atoms with van der Waals surface area (Å²) in [5.41, 5.74) is 1.54. The van der Waals surface area contributed by atoms with Crippen molar-refractivity contribution in [3.63, 3.8) is 0 Å². The van der Waals surface area contributed by atoms with Gasteiger partial charge in [0.1, 0.15) is 5.69 Å². The Hall–Kier alpha value is -1.04. The number of benzene rings is 1. The lowest BCUT2D eigenvalue weighted by Gasteiger charge is -2.09. The number of rotatable bonds is 2. The largest absolute Gasteiger partial charge is 0.318 e. The predicted molar refractivity (Wildman–Crippen MR) is 80.1 cm³/mol. The Bertz CT molecular complexity index is 634. The van der Waals surface area contributed by atoms with E-state index >= 15 is 0 Å². The Morgan fingerprint density at radius 1 is 1.37 bits per heavy atom. The van der Waals surface area contributed by atoms with Crippen molar-refractivity contribution >= 4 is 50.7 Å². The molecular formula is C12H10BrCl2N3O. The van der Waals surface area contributed by atoms with Crippen molar-refractivity contribution in [3.8, 4) is 0 Å². The average molecular weight is 363 g/mol. The van der Waals surface area contributed by atoms with Gasteiger partial charge in [-0.05, 0) is 35.0 Å². The molecule has 1 heterocycles. The number of nitrogens with one attached hydrogen (secondary N) is 1. The average Bonchev–Trinajstić information content (AvgIpc) is 2.58. The van der Waals surface area contributed by atoms with E-state index in [0.29, 0.717) is 25.9 Å². The molecule has 0 unspecified atom stereocenters. The highest BCUT2D eigenvalue weighted by molar-refractivity contribution is 9.10. The molecule has 0 saturated heterocycles. The number of amides is 1. The molecule has 1 aromatic heterocycles. The quantitative estimate of drug-likeness (QED) is 0.875. The number of anilines is 1. The highest BCUT2D eigenvalue weighted by atomic mass is 79.9. The van der Waals surface area contributed by atoms with Gasteiger partial charge in [-0.3, -0.25) is 9.48 Å². The van der Waals surface area contributed by atoms with Crippen LogP contribution in [0, 0.1) is 6.92 Å². The molecule has 0 aliphatic rings. The van der Waals surface area contributed by atoms with Crippen LogP contribution < -0.4 is 5.32 Å². The third-order valence-corrected chi connectivity index (χ3v) is 4.14. The van der Waals surface area contributed by atoms with Crippen LogP contribution in [0.25, 0.3) is 0 Å². The minimum atomic E-state index is -0.329. The maximum absolute atomic E-state index is 12.3. The Morgan fingerprint density at radius 3 is 2.42 bits per heavy atom. The lowest BCUT2D eigenvalue weighted by atomic mass is 10.3. The summed E-state index contributed by atoms with van der Waals surface area (Å²) >= 11 is 15.4. The van der Waals surface area contributed by atoms with Gasteiger partial charge in [-0.15, -0.1) is 0 Å². The molecule has 0 fully saturated rings. The summed E-state index contributed by atoms with van der Waals surface area (Å²) in [5, 5.41) is 7.63. The lowest BCUT2D eigenvalue weighted by molar-refractivity contribution is 0.101. The van der Waals surface area contributed by atoms with Crippen molar-refractivity contribution in [1.29, 1.82) is 0 Å². The number of nitrogens with zero attached hydrogens (tertiary/aromatic N) is 2. The van der Waals surface area contributed by atoms with Gasteiger partial charge in [-0.2, -0.15) is 5.10 Å². The number of hydrogen-bond acceptors (Lipinski definition) is 2. The molecule has 19 heavy (non-hydrogen) atoms. The van der Waals surface area contributed by atoms with Crippen LogP contribution in [0.4, 0.5) is 5.69 Å². The Morgan fingerprint density at radius 2 is 1.95 bits per heavy atom. The third kappa shape index (κ3) is 2.78. The van der Waals surface area contributed by atoms with Crippen LogP contribution >= 0.6 is 39.1 Å². The van der Waals surface area contributed by atoms with Crippen molar-refractivity contribution in [2.24, 2.45) is 7.05 Å². The first kappa shape index (κ1) is 14.4. The van der Waals surface area contributed by atoms with Crippen LogP contribution in [0.3, 0.4) is 0 Å². The molecule has 4 nitrogen and oxygen atoms in total. The van der Waals surface area contributed by atoms with E-state index in [2.05, 4.69) is 26.3 Å². The van der Waals surface area contributed by atoms with E-state index in [1.807, 2.05) is 6.92 Å². The van der Waals surface area contributed by atoms with Crippen molar-refractivity contribution in [1.82, 2.24) is 9.78 Å². The van der Waals surface area contributed by atoms with Crippen LogP contribution in [0.5, 0.6) is 0 Å². The number of hydrogen-bond donors (Lipinski definition) is 1. The minimum absolute atomic E-state index is 0.329. The Kier molecular flexibility index (Phi) is 4.18. The third-order valence-electron chi connectivity index (χ3n) is 2.57. The van der Waals surface area contributed by atoms with Crippen molar-refractivity contribution in [2.75, 3.05) is 5.32 Å². The van der Waals surface area contributed by atoms with E-state index in [1.54, 1.807) is 25.2 Å². The number of halogens is 3. The second-order valence-electron chi connectivity index (χ2n) is 3.92. The molecule has 7 heteroatoms. The SMILES string of the molecule is Cc1nn(C)c(C(=O)Nc2c(Cl)cccc2Cl)c1Br. The fraction of sp³-hybridized carbons (Fsp3) is 0.167. The summed E-state index contributed by atoms with van der Waals surface area (Å²) in [7, 11) is 1.70. The number of aryl methyl sites for hydroxylation is 2. The Balaban J connectivity index is 2.36. The van der Waals surface area contributed by atoms with Gasteiger partial charge in [-0.1, -0.05) is 29.3 Å². The standard InChI is InChI=1S/C12H10BrCl2N3O/c1-6-9(13)11(18(2)17-6)12(19)16-10-7(14)4-3-5-8(10)15/h3-5H,1-2H3,(H,16,19). The monoisotopic (exact) mass is 361 g/mol. The molecule has 0 spiro atoms. The van der Waals surface area contributed by atoms with Gasteiger partial charge in [0.05, 0.1) is 25.9 Å². The van der Waals surface area contributed by atoms with E-state index in [-0.39, 0.29) is 5.91 Å². The normalized spacial score (nSPS) is 10.6. The fourth-order valence-corrected chi connectivity index (χ4v) is 2.68. The fourth-order valence-electron chi connectivity index (χ4n) is 1.67. The number of carbonyl (C=O) groups is 1. The minimum Gasteiger partial charge on any atom is -0.318 e. The summed E-state index contributed by atoms with van der Waals surface area (Å²) in [6.07, 6.45) is 0. The molecule has 1 aromatic carbocycles. The number of para-hydroxylation sites is 1. The van der Waals surface area contributed by atoms with Crippen LogP contribution in [0.15, 0.2) is 22.7 Å². The zero-order valence-corrected chi connectivity index (χ0v) is 13.3. The van der Waals surface area contributed by atoms with Gasteiger partial charge in [0.2, 0.25) is 0 Å². The first-order chi connectivity index (χ1) is 8.91. The molecule has 2 aromatic rings. The maximum atomic E-state index is 12.3. The van der Waals surface area contributed by atoms with E-state index < -0.39 is 0 Å². The van der Waals surface area contributed by atoms with Crippen molar-refractivity contribution < 1.29 is 4.79 Å². The maximum Gasteiger partial charge on any atom is 0.275 e. The van der Waals surface area contributed by atoms with Gasteiger partial charge < -0.3 is 5.32 Å². The number of aromatic nitrogens is 2. The summed E-state index contributed by atoms with van der Waals surface area (Å²) in [4.78, 5) is 12.3. The molecule has 1 amide bonds. The summed E-state index contributed by atoms with van der Waals surface area (Å²) < 4.78 is 2.15. The van der Waals surface area contributed by atoms with Gasteiger partial charge in [0.15, 0.2) is 0 Å². The summed E-state index contributed by atoms with van der Waals surface area (Å²) in [5.74, 6) is -0.329. The van der Waals surface area contributed by atoms with Crippen LogP contribution in [-0.4, -0.2) is 15.7 Å². The highest BCUT2D eigenvalue weighted by Crippen LogP contribution is 2.31. The van der Waals surface area contributed by atoms with Crippen molar-refractivity contribution in [2.45, 2.75) is 6.92 Å². The van der Waals surface area contributed by atoms with Crippen molar-refractivity contribution in [3.05, 3.63) is 44.1 Å². The highest BCUT2D eigenvalue weighted by Gasteiger charge is 2.20. The molecule has 0 aliphatic carbocycles. The molecule has 2 rings (SSSR count). The second kappa shape index (κ2) is 5.53. The van der Waals surface area contributed by atoms with E-state index in [1.165, 1.54) is 4.68 Å². The second-order valence-corrected chi connectivity index (χ2v) is 5.53. The molecular weight excluding hydrogens is 353 g/mol. The number of carbonyl (C=O) groups excluding carboxylic acids is 1. The lowest BCUT2D eigenvalue weighted by Crippen LogP contribution is -2.17. The van der Waals surface area contributed by atoms with E-state index in [4.69, 9.17) is 23.2 Å². The van der Waals surface area contributed by atoms with Gasteiger partial charge in [0, 0.05) is 7.05 Å². The molecule has 0 bridgehead atoms. The molecule has 0 saturated carbocycles. The van der Waals surface area contributed by atoms with Crippen LogP contribution in [-0.2, 0) is 7.05 Å². The predicted octanol–water partition coefficient (Wildman–Crippen LogP) is 4.05. The van der Waals surface area contributed by atoms with Crippen LogP contribution in [0.1, 0.15) is 16.2 Å².